The Morgan fingerprint density at radius 1 is 0.733 bits per heavy atom. The number of amides is 2. The largest absolute Gasteiger partial charge is 0.465 e. The van der Waals surface area contributed by atoms with Gasteiger partial charge < -0.3 is 30.1 Å². The van der Waals surface area contributed by atoms with Gasteiger partial charge in [-0.25, -0.2) is 14.4 Å². The fourth-order valence-corrected chi connectivity index (χ4v) is 3.25. The second kappa shape index (κ2) is 7.63. The first kappa shape index (κ1) is 19.1. The highest BCUT2D eigenvalue weighted by Crippen LogP contribution is 2.25. The number of rotatable bonds is 4. The summed E-state index contributed by atoms with van der Waals surface area (Å²) in [7, 11) is 2.62. The Balaban J connectivity index is 1.54. The van der Waals surface area contributed by atoms with Crippen molar-refractivity contribution < 1.29 is 23.9 Å². The fraction of sp³-hybridized carbons (Fsp3) is 0.0952. The van der Waals surface area contributed by atoms with Crippen LogP contribution in [0.2, 0.25) is 0 Å². The maximum atomic E-state index is 12.5. The molecule has 0 radical (unpaired) electrons. The minimum absolute atomic E-state index is 0.379. The molecule has 9 nitrogen and oxygen atoms in total. The van der Waals surface area contributed by atoms with Gasteiger partial charge in [0.25, 0.3) is 0 Å². The highest BCUT2D eigenvalue weighted by Gasteiger charge is 2.15. The molecule has 0 bridgehead atoms. The number of urea groups is 1. The average Bonchev–Trinajstić information content (AvgIpc) is 3.36. The number of aromatic amines is 2. The van der Waals surface area contributed by atoms with Gasteiger partial charge in [-0.15, -0.1) is 0 Å². The van der Waals surface area contributed by atoms with Crippen LogP contribution >= 0.6 is 0 Å². The number of esters is 2. The molecule has 0 atom stereocenters. The van der Waals surface area contributed by atoms with E-state index in [4.69, 9.17) is 9.47 Å². The normalized spacial score (nSPS) is 10.7. The highest BCUT2D eigenvalue weighted by atomic mass is 16.5. The molecule has 0 saturated heterocycles. The maximum Gasteiger partial charge on any atom is 0.340 e. The molecule has 0 aliphatic carbocycles. The maximum absolute atomic E-state index is 12.5. The summed E-state index contributed by atoms with van der Waals surface area (Å²) in [6.07, 6.45) is 3.12. The first-order chi connectivity index (χ1) is 14.5. The van der Waals surface area contributed by atoms with Crippen LogP contribution in [0.15, 0.2) is 48.8 Å². The van der Waals surface area contributed by atoms with E-state index in [2.05, 4.69) is 20.6 Å². The van der Waals surface area contributed by atoms with E-state index in [0.717, 1.165) is 11.0 Å². The monoisotopic (exact) mass is 406 g/mol. The molecule has 0 fully saturated rings. The predicted octanol–water partition coefficient (Wildman–Crippen LogP) is 3.87. The van der Waals surface area contributed by atoms with Crippen LogP contribution in [0.5, 0.6) is 0 Å². The summed E-state index contributed by atoms with van der Waals surface area (Å²) < 4.78 is 9.54. The molecule has 152 valence electrons. The minimum Gasteiger partial charge on any atom is -0.465 e. The van der Waals surface area contributed by atoms with Crippen molar-refractivity contribution in [3.05, 3.63) is 59.9 Å². The molecule has 2 aromatic heterocycles. The Kier molecular flexibility index (Phi) is 4.85. The molecule has 0 aliphatic heterocycles. The molecule has 30 heavy (non-hydrogen) atoms. The Bertz CT molecular complexity index is 1190. The van der Waals surface area contributed by atoms with Gasteiger partial charge in [-0.05, 0) is 36.4 Å². The summed E-state index contributed by atoms with van der Waals surface area (Å²) >= 11 is 0. The molecule has 4 rings (SSSR count). The van der Waals surface area contributed by atoms with E-state index < -0.39 is 18.0 Å². The van der Waals surface area contributed by atoms with Crippen LogP contribution in [-0.2, 0) is 9.47 Å². The number of hydrogen-bond donors (Lipinski definition) is 4. The van der Waals surface area contributed by atoms with E-state index >= 15 is 0 Å². The molecule has 0 spiro atoms. The molecule has 2 aromatic carbocycles. The molecule has 0 aliphatic rings. The number of aromatic nitrogens is 2. The van der Waals surface area contributed by atoms with Crippen molar-refractivity contribution in [3.63, 3.8) is 0 Å². The van der Waals surface area contributed by atoms with Crippen molar-refractivity contribution in [2.75, 3.05) is 24.9 Å². The molecule has 0 saturated carbocycles. The van der Waals surface area contributed by atoms with Gasteiger partial charge in [0.2, 0.25) is 0 Å². The number of H-pyrrole nitrogens is 2. The Labute approximate surface area is 170 Å². The lowest BCUT2D eigenvalue weighted by atomic mass is 10.1. The lowest BCUT2D eigenvalue weighted by molar-refractivity contribution is 0.0594. The first-order valence-corrected chi connectivity index (χ1v) is 8.97. The van der Waals surface area contributed by atoms with E-state index in [-0.39, 0.29) is 0 Å². The highest BCUT2D eigenvalue weighted by molar-refractivity contribution is 6.08. The predicted molar refractivity (Wildman–Crippen MR) is 112 cm³/mol. The third kappa shape index (κ3) is 3.44. The van der Waals surface area contributed by atoms with Gasteiger partial charge in [0.05, 0.1) is 25.3 Å². The van der Waals surface area contributed by atoms with Crippen molar-refractivity contribution in [1.29, 1.82) is 0 Å². The topological polar surface area (TPSA) is 125 Å². The number of methoxy groups -OCH3 is 2. The zero-order valence-corrected chi connectivity index (χ0v) is 16.2. The third-order valence-corrected chi connectivity index (χ3v) is 4.69. The fourth-order valence-electron chi connectivity index (χ4n) is 3.25. The number of anilines is 2. The van der Waals surface area contributed by atoms with Gasteiger partial charge in [0, 0.05) is 45.6 Å². The van der Waals surface area contributed by atoms with E-state index in [1.54, 1.807) is 48.8 Å². The number of fused-ring (bicyclic) bond motifs is 2. The number of ether oxygens (including phenoxy) is 2. The van der Waals surface area contributed by atoms with Crippen molar-refractivity contribution >= 4 is 51.2 Å². The zero-order valence-electron chi connectivity index (χ0n) is 16.2. The zero-order chi connectivity index (χ0) is 21.3. The lowest BCUT2D eigenvalue weighted by Crippen LogP contribution is -2.19. The van der Waals surface area contributed by atoms with Crippen LogP contribution in [0.25, 0.3) is 21.8 Å². The second-order valence-corrected chi connectivity index (χ2v) is 6.49. The van der Waals surface area contributed by atoms with Crippen LogP contribution in [0, 0.1) is 0 Å². The van der Waals surface area contributed by atoms with Gasteiger partial charge in [-0.2, -0.15) is 0 Å². The van der Waals surface area contributed by atoms with Crippen molar-refractivity contribution in [1.82, 2.24) is 9.97 Å². The lowest BCUT2D eigenvalue weighted by Gasteiger charge is -2.09. The van der Waals surface area contributed by atoms with E-state index in [0.29, 0.717) is 33.3 Å². The molecule has 4 N–H and O–H groups in total. The molecule has 2 amide bonds. The summed E-state index contributed by atoms with van der Waals surface area (Å²) in [5, 5.41) is 6.73. The summed E-state index contributed by atoms with van der Waals surface area (Å²) in [6, 6.07) is 9.83. The summed E-state index contributed by atoms with van der Waals surface area (Å²) in [5.74, 6) is -0.937. The Morgan fingerprint density at radius 3 is 1.57 bits per heavy atom. The van der Waals surface area contributed by atoms with Crippen LogP contribution in [0.3, 0.4) is 0 Å². The van der Waals surface area contributed by atoms with Crippen molar-refractivity contribution in [2.45, 2.75) is 0 Å². The van der Waals surface area contributed by atoms with Crippen molar-refractivity contribution in [2.24, 2.45) is 0 Å². The van der Waals surface area contributed by atoms with Crippen LogP contribution in [0.4, 0.5) is 16.2 Å². The van der Waals surface area contributed by atoms with E-state index in [1.165, 1.54) is 14.2 Å². The van der Waals surface area contributed by atoms with Crippen molar-refractivity contribution in [3.8, 4) is 0 Å². The number of carbonyl (C=O) groups is 3. The SMILES string of the molecule is COC(=O)c1c[nH]c2ccc(NC(=O)Nc3ccc4[nH]cc(C(=O)OC)c4c3)cc12. The Hall–Kier alpha value is -4.27. The molecule has 0 unspecified atom stereocenters. The quantitative estimate of drug-likeness (QED) is 0.383. The standard InChI is InChI=1S/C21H18N4O5/c1-29-19(26)15-9-22-17-5-3-11(7-13(15)17)24-21(28)25-12-4-6-18-14(8-12)16(10-23-18)20(27)30-2/h3-10,22-23H,1-2H3,(H2,24,25,28). The smallest absolute Gasteiger partial charge is 0.340 e. The Morgan fingerprint density at radius 2 is 1.17 bits per heavy atom. The molecule has 2 heterocycles. The second-order valence-electron chi connectivity index (χ2n) is 6.49. The van der Waals surface area contributed by atoms with Gasteiger partial charge in [-0.1, -0.05) is 0 Å². The number of hydrogen-bond acceptors (Lipinski definition) is 5. The van der Waals surface area contributed by atoms with Crippen LogP contribution in [-0.4, -0.2) is 42.2 Å². The number of carbonyl (C=O) groups excluding carboxylic acids is 3. The van der Waals surface area contributed by atoms with Gasteiger partial charge in [0.15, 0.2) is 0 Å². The van der Waals surface area contributed by atoms with Crippen LogP contribution < -0.4 is 10.6 Å². The van der Waals surface area contributed by atoms with Gasteiger partial charge in [-0.3, -0.25) is 0 Å². The third-order valence-electron chi connectivity index (χ3n) is 4.69. The molecular formula is C21H18N4O5. The summed E-state index contributed by atoms with van der Waals surface area (Å²) in [4.78, 5) is 42.2. The minimum atomic E-state index is -0.473. The van der Waals surface area contributed by atoms with Crippen LogP contribution in [0.1, 0.15) is 20.7 Å². The molecule has 9 heteroatoms. The van der Waals surface area contributed by atoms with E-state index in [9.17, 15) is 14.4 Å². The average molecular weight is 406 g/mol. The van der Waals surface area contributed by atoms with E-state index in [1.807, 2.05) is 0 Å². The number of benzene rings is 2. The number of nitrogens with one attached hydrogen (secondary N) is 4. The summed E-state index contributed by atoms with van der Waals surface area (Å²) in [6.45, 7) is 0. The molecular weight excluding hydrogens is 388 g/mol. The summed E-state index contributed by atoms with van der Waals surface area (Å²) in [5.41, 5.74) is 3.25. The first-order valence-electron chi connectivity index (χ1n) is 8.97. The van der Waals surface area contributed by atoms with Gasteiger partial charge in [0.1, 0.15) is 0 Å². The van der Waals surface area contributed by atoms with Gasteiger partial charge >= 0.3 is 18.0 Å². The molecule has 4 aromatic rings.